The van der Waals surface area contributed by atoms with Crippen molar-refractivity contribution in [2.75, 3.05) is 26.7 Å². The van der Waals surface area contributed by atoms with Crippen LogP contribution in [0.1, 0.15) is 51.9 Å². The molecule has 5 heteroatoms. The van der Waals surface area contributed by atoms with E-state index in [1.165, 1.54) is 7.11 Å². The molecular weight excluding hydrogens is 268 g/mol. The summed E-state index contributed by atoms with van der Waals surface area (Å²) in [6.45, 7) is 8.24. The van der Waals surface area contributed by atoms with E-state index in [9.17, 15) is 9.59 Å². The largest absolute Gasteiger partial charge is 0.464 e. The molecule has 0 saturated carbocycles. The molecule has 0 aliphatic carbocycles. The highest BCUT2D eigenvalue weighted by molar-refractivity contribution is 6.03. The molecule has 21 heavy (non-hydrogen) atoms. The number of likely N-dealkylation sites (tertiary alicyclic amines) is 1. The maximum atomic E-state index is 12.5. The molecule has 1 aliphatic heterocycles. The Bertz CT molecular complexity index is 540. The van der Waals surface area contributed by atoms with Gasteiger partial charge in [-0.15, -0.1) is 0 Å². The maximum Gasteiger partial charge on any atom is 0.354 e. The third kappa shape index (κ3) is 3.35. The van der Waals surface area contributed by atoms with E-state index in [2.05, 4.69) is 16.8 Å². The zero-order chi connectivity index (χ0) is 15.6. The summed E-state index contributed by atoms with van der Waals surface area (Å²) in [5.74, 6) is 0.394. The third-order valence-electron chi connectivity index (χ3n) is 4.35. The molecule has 1 aromatic rings. The van der Waals surface area contributed by atoms with Gasteiger partial charge in [-0.1, -0.05) is 6.92 Å². The van der Waals surface area contributed by atoms with E-state index in [-0.39, 0.29) is 5.78 Å². The minimum Gasteiger partial charge on any atom is -0.464 e. The van der Waals surface area contributed by atoms with Gasteiger partial charge in [0, 0.05) is 11.3 Å². The van der Waals surface area contributed by atoms with Gasteiger partial charge in [0.15, 0.2) is 5.78 Å². The first kappa shape index (κ1) is 15.8. The average molecular weight is 292 g/mol. The Kier molecular flexibility index (Phi) is 4.83. The Morgan fingerprint density at radius 2 is 1.90 bits per heavy atom. The number of Topliss-reactive ketones (excluding diaryl/α,β-unsaturated/α-hetero) is 1. The molecule has 2 rings (SSSR count). The van der Waals surface area contributed by atoms with Gasteiger partial charge < -0.3 is 9.72 Å². The second kappa shape index (κ2) is 6.43. The number of ether oxygens (including phenoxy) is 1. The number of H-pyrrole nitrogens is 1. The summed E-state index contributed by atoms with van der Waals surface area (Å²) < 4.78 is 4.74. The van der Waals surface area contributed by atoms with Gasteiger partial charge >= 0.3 is 5.97 Å². The Morgan fingerprint density at radius 3 is 2.48 bits per heavy atom. The number of hydrogen-bond acceptors (Lipinski definition) is 4. The van der Waals surface area contributed by atoms with Crippen LogP contribution in [0.15, 0.2) is 0 Å². The minimum absolute atomic E-state index is 0.0750. The molecule has 5 nitrogen and oxygen atoms in total. The van der Waals surface area contributed by atoms with Crippen LogP contribution in [0.5, 0.6) is 0 Å². The Hall–Kier alpha value is -1.62. The maximum absolute atomic E-state index is 12.5. The SMILES string of the molecule is COC(=O)c1[nH]c(C)c(C(=O)CN2CCC(C)CC2)c1C. The van der Waals surface area contributed by atoms with E-state index in [1.54, 1.807) is 6.92 Å². The monoisotopic (exact) mass is 292 g/mol. The summed E-state index contributed by atoms with van der Waals surface area (Å²) in [5.41, 5.74) is 2.44. The summed E-state index contributed by atoms with van der Waals surface area (Å²) in [6, 6.07) is 0. The van der Waals surface area contributed by atoms with Crippen LogP contribution < -0.4 is 0 Å². The number of piperidine rings is 1. The van der Waals surface area contributed by atoms with E-state index < -0.39 is 5.97 Å². The van der Waals surface area contributed by atoms with Crippen LogP contribution >= 0.6 is 0 Å². The van der Waals surface area contributed by atoms with Crippen LogP contribution in [0.25, 0.3) is 0 Å². The molecule has 0 unspecified atom stereocenters. The van der Waals surface area contributed by atoms with Crippen molar-refractivity contribution in [3.8, 4) is 0 Å². The number of hydrogen-bond donors (Lipinski definition) is 1. The molecule has 2 heterocycles. The number of carbonyl (C=O) groups is 2. The first-order chi connectivity index (χ1) is 9.93. The van der Waals surface area contributed by atoms with E-state index in [0.717, 1.165) is 37.5 Å². The van der Waals surface area contributed by atoms with Gasteiger partial charge in [-0.25, -0.2) is 4.79 Å². The Labute approximate surface area is 125 Å². The number of rotatable bonds is 4. The molecule has 0 amide bonds. The molecule has 1 N–H and O–H groups in total. The van der Waals surface area contributed by atoms with Gasteiger partial charge in [-0.2, -0.15) is 0 Å². The third-order valence-corrected chi connectivity index (χ3v) is 4.35. The lowest BCUT2D eigenvalue weighted by Gasteiger charge is -2.29. The number of nitrogens with one attached hydrogen (secondary N) is 1. The summed E-state index contributed by atoms with van der Waals surface area (Å²) in [7, 11) is 1.34. The van der Waals surface area contributed by atoms with Crippen molar-refractivity contribution in [2.45, 2.75) is 33.6 Å². The fourth-order valence-corrected chi connectivity index (χ4v) is 2.98. The van der Waals surface area contributed by atoms with Crippen LogP contribution in [0.4, 0.5) is 0 Å². The van der Waals surface area contributed by atoms with E-state index in [0.29, 0.717) is 23.4 Å². The van der Waals surface area contributed by atoms with Crippen molar-refractivity contribution in [3.63, 3.8) is 0 Å². The quantitative estimate of drug-likeness (QED) is 0.683. The highest BCUT2D eigenvalue weighted by atomic mass is 16.5. The van der Waals surface area contributed by atoms with Crippen LogP contribution in [0, 0.1) is 19.8 Å². The minimum atomic E-state index is -0.429. The van der Waals surface area contributed by atoms with Crippen LogP contribution in [0.3, 0.4) is 0 Å². The molecule has 0 bridgehead atoms. The predicted molar refractivity (Wildman–Crippen MR) is 80.8 cm³/mol. The number of esters is 1. The molecule has 0 radical (unpaired) electrons. The molecule has 116 valence electrons. The van der Waals surface area contributed by atoms with Gasteiger partial charge in [0.25, 0.3) is 0 Å². The summed E-state index contributed by atoms with van der Waals surface area (Å²) in [5, 5.41) is 0. The lowest BCUT2D eigenvalue weighted by molar-refractivity contribution is 0.0594. The van der Waals surface area contributed by atoms with Crippen molar-refractivity contribution in [1.29, 1.82) is 0 Å². The van der Waals surface area contributed by atoms with E-state index >= 15 is 0 Å². The molecule has 0 aromatic carbocycles. The highest BCUT2D eigenvalue weighted by Gasteiger charge is 2.25. The second-order valence-electron chi connectivity index (χ2n) is 6.00. The van der Waals surface area contributed by atoms with E-state index in [4.69, 9.17) is 4.74 Å². The lowest BCUT2D eigenvalue weighted by Crippen LogP contribution is -2.37. The number of ketones is 1. The molecule has 0 atom stereocenters. The second-order valence-corrected chi connectivity index (χ2v) is 6.00. The standard InChI is InChI=1S/C16H24N2O3/c1-10-5-7-18(8-6-10)9-13(19)14-11(2)15(16(20)21-4)17-12(14)3/h10,17H,5-9H2,1-4H3. The first-order valence-corrected chi connectivity index (χ1v) is 7.47. The number of aryl methyl sites for hydroxylation is 1. The van der Waals surface area contributed by atoms with Gasteiger partial charge in [-0.05, 0) is 51.3 Å². The zero-order valence-electron chi connectivity index (χ0n) is 13.3. The highest BCUT2D eigenvalue weighted by Crippen LogP contribution is 2.21. The summed E-state index contributed by atoms with van der Waals surface area (Å²) in [4.78, 5) is 29.4. The van der Waals surface area contributed by atoms with Gasteiger partial charge in [0.2, 0.25) is 0 Å². The molecule has 1 fully saturated rings. The molecule has 1 aliphatic rings. The number of nitrogens with zero attached hydrogens (tertiary/aromatic N) is 1. The normalized spacial score (nSPS) is 17.0. The molecule has 1 saturated heterocycles. The van der Waals surface area contributed by atoms with Crippen LogP contribution in [0.2, 0.25) is 0 Å². The van der Waals surface area contributed by atoms with Gasteiger partial charge in [0.05, 0.1) is 13.7 Å². The fourth-order valence-electron chi connectivity index (χ4n) is 2.98. The van der Waals surface area contributed by atoms with Gasteiger partial charge in [-0.3, -0.25) is 9.69 Å². The number of aromatic amines is 1. The smallest absolute Gasteiger partial charge is 0.354 e. The van der Waals surface area contributed by atoms with Gasteiger partial charge in [0.1, 0.15) is 5.69 Å². The van der Waals surface area contributed by atoms with Crippen molar-refractivity contribution >= 4 is 11.8 Å². The fraction of sp³-hybridized carbons (Fsp3) is 0.625. The Morgan fingerprint density at radius 1 is 1.29 bits per heavy atom. The van der Waals surface area contributed by atoms with E-state index in [1.807, 2.05) is 6.92 Å². The lowest BCUT2D eigenvalue weighted by atomic mass is 9.98. The topological polar surface area (TPSA) is 62.4 Å². The average Bonchev–Trinajstić information content (AvgIpc) is 2.75. The zero-order valence-corrected chi connectivity index (χ0v) is 13.3. The first-order valence-electron chi connectivity index (χ1n) is 7.47. The summed E-state index contributed by atoms with van der Waals surface area (Å²) >= 11 is 0. The molecule has 0 spiro atoms. The molecule has 1 aromatic heterocycles. The predicted octanol–water partition coefficient (Wildman–Crippen LogP) is 2.33. The van der Waals surface area contributed by atoms with Crippen molar-refractivity contribution < 1.29 is 14.3 Å². The van der Waals surface area contributed by atoms with Crippen molar-refractivity contribution in [1.82, 2.24) is 9.88 Å². The number of carbonyl (C=O) groups excluding carboxylic acids is 2. The van der Waals surface area contributed by atoms with Crippen LogP contribution in [-0.2, 0) is 4.74 Å². The van der Waals surface area contributed by atoms with Crippen molar-refractivity contribution in [2.24, 2.45) is 5.92 Å². The number of aromatic nitrogens is 1. The van der Waals surface area contributed by atoms with Crippen molar-refractivity contribution in [3.05, 3.63) is 22.5 Å². The van der Waals surface area contributed by atoms with Crippen LogP contribution in [-0.4, -0.2) is 48.4 Å². The Balaban J connectivity index is 2.12. The molecular formula is C16H24N2O3. The number of methoxy groups -OCH3 is 1. The summed E-state index contributed by atoms with van der Waals surface area (Å²) in [6.07, 6.45) is 2.29.